The minimum atomic E-state index is -2.70. The number of hydrogen-bond acceptors (Lipinski definition) is 6. The second-order valence-electron chi connectivity index (χ2n) is 11.8. The van der Waals surface area contributed by atoms with Gasteiger partial charge in [0.05, 0.1) is 11.5 Å². The van der Waals surface area contributed by atoms with Crippen LogP contribution in [0.15, 0.2) is 91.0 Å². The summed E-state index contributed by atoms with van der Waals surface area (Å²) in [5, 5.41) is 16.5. The highest BCUT2D eigenvalue weighted by Gasteiger charge is 2.50. The maximum atomic E-state index is 12.4. The molecular weight excluding hydrogens is 553 g/mol. The van der Waals surface area contributed by atoms with Crippen LogP contribution in [0.1, 0.15) is 46.4 Å². The molecule has 7 nitrogen and oxygen atoms in total. The number of amides is 1. The molecule has 214 valence electrons. The van der Waals surface area contributed by atoms with E-state index >= 15 is 0 Å². The maximum absolute atomic E-state index is 12.4. The van der Waals surface area contributed by atoms with Gasteiger partial charge in [0.1, 0.15) is 11.3 Å². The largest absolute Gasteiger partial charge is 0.444 e. The van der Waals surface area contributed by atoms with E-state index in [0.717, 1.165) is 15.3 Å². The fourth-order valence-corrected chi connectivity index (χ4v) is 10.5. The lowest BCUT2D eigenvalue weighted by atomic mass is 10.1. The van der Waals surface area contributed by atoms with E-state index < -0.39 is 24.9 Å². The predicted molar refractivity (Wildman–Crippen MR) is 169 cm³/mol. The fourth-order valence-electron chi connectivity index (χ4n) is 4.91. The summed E-state index contributed by atoms with van der Waals surface area (Å²) in [6.45, 7) is 12.4. The van der Waals surface area contributed by atoms with E-state index in [9.17, 15) is 14.9 Å². The third-order valence-corrected chi connectivity index (χ3v) is 12.7. The molecule has 0 atom stereocenters. The first-order chi connectivity index (χ1) is 19.3. The Labute approximate surface area is 246 Å². The molecule has 0 saturated heterocycles. The number of carbonyl (C=O) groups excluding carboxylic acids is 1. The summed E-state index contributed by atoms with van der Waals surface area (Å²) in [5.74, 6) is 0. The van der Waals surface area contributed by atoms with Crippen molar-refractivity contribution in [1.82, 2.24) is 0 Å². The number of anilines is 1. The SMILES string of the molecule is CC(C)(C)OC(=O)Nc1cc(-c2ccc(CO[Si](c3ccccc3)(c3ccccc3)C(C)(C)C)s2)ccc1[N+](=O)[O-]. The standard InChI is InChI=1S/C32H36N2O5SSi/c1-31(2,3)39-30(35)33-27-21-23(17-19-28(27)34(36)37)29-20-18-24(40-29)22-38-41(32(4,5)6,25-13-9-7-10-14-25)26-15-11-8-12-16-26/h7-21H,22H2,1-6H3,(H,33,35). The Morgan fingerprint density at radius 3 is 1.98 bits per heavy atom. The van der Waals surface area contributed by atoms with E-state index in [4.69, 9.17) is 9.16 Å². The van der Waals surface area contributed by atoms with Crippen LogP contribution >= 0.6 is 11.3 Å². The summed E-state index contributed by atoms with van der Waals surface area (Å²) >= 11 is 1.56. The van der Waals surface area contributed by atoms with Crippen LogP contribution < -0.4 is 15.7 Å². The minimum absolute atomic E-state index is 0.0836. The van der Waals surface area contributed by atoms with Crippen LogP contribution in [0.3, 0.4) is 0 Å². The zero-order valence-electron chi connectivity index (χ0n) is 24.3. The monoisotopic (exact) mass is 588 g/mol. The number of nitrogens with one attached hydrogen (secondary N) is 1. The number of carbonyl (C=O) groups is 1. The van der Waals surface area contributed by atoms with Crippen LogP contribution in [0.25, 0.3) is 10.4 Å². The summed E-state index contributed by atoms with van der Waals surface area (Å²) in [6, 6.07) is 29.7. The Balaban J connectivity index is 1.65. The van der Waals surface area contributed by atoms with E-state index in [2.05, 4.69) is 74.6 Å². The summed E-state index contributed by atoms with van der Waals surface area (Å²) < 4.78 is 12.4. The van der Waals surface area contributed by atoms with Gasteiger partial charge >= 0.3 is 6.09 Å². The first-order valence-electron chi connectivity index (χ1n) is 13.4. The highest BCUT2D eigenvalue weighted by Crippen LogP contribution is 2.39. The topological polar surface area (TPSA) is 90.7 Å². The molecule has 1 N–H and O–H groups in total. The van der Waals surface area contributed by atoms with Crippen molar-refractivity contribution in [3.63, 3.8) is 0 Å². The summed E-state index contributed by atoms with van der Waals surface area (Å²) in [4.78, 5) is 25.4. The summed E-state index contributed by atoms with van der Waals surface area (Å²) in [5.41, 5.74) is -0.0976. The number of hydrogen-bond donors (Lipinski definition) is 1. The average molecular weight is 589 g/mol. The van der Waals surface area contributed by atoms with E-state index in [1.165, 1.54) is 16.4 Å². The highest BCUT2D eigenvalue weighted by molar-refractivity contribution is 7.15. The van der Waals surface area contributed by atoms with Gasteiger partial charge in [-0.2, -0.15) is 0 Å². The maximum Gasteiger partial charge on any atom is 0.412 e. The van der Waals surface area contributed by atoms with Gasteiger partial charge in [0.25, 0.3) is 14.0 Å². The molecule has 1 amide bonds. The second-order valence-corrected chi connectivity index (χ2v) is 17.3. The molecule has 0 aliphatic rings. The van der Waals surface area contributed by atoms with Gasteiger partial charge in [-0.3, -0.25) is 15.4 Å². The highest BCUT2D eigenvalue weighted by atomic mass is 32.1. The van der Waals surface area contributed by atoms with Crippen molar-refractivity contribution in [2.24, 2.45) is 0 Å². The molecule has 0 radical (unpaired) electrons. The van der Waals surface area contributed by atoms with Gasteiger partial charge in [-0.1, -0.05) is 81.4 Å². The van der Waals surface area contributed by atoms with Crippen molar-refractivity contribution in [2.45, 2.75) is 58.8 Å². The Kier molecular flexibility index (Phi) is 8.82. The quantitative estimate of drug-likeness (QED) is 0.129. The van der Waals surface area contributed by atoms with Crippen molar-refractivity contribution >= 4 is 47.5 Å². The van der Waals surface area contributed by atoms with Gasteiger partial charge < -0.3 is 9.16 Å². The Bertz CT molecular complexity index is 1470. The summed E-state index contributed by atoms with van der Waals surface area (Å²) in [7, 11) is -2.70. The molecule has 0 bridgehead atoms. The third-order valence-electron chi connectivity index (χ3n) is 6.62. The van der Waals surface area contributed by atoms with Crippen LogP contribution in [0, 0.1) is 10.1 Å². The number of thiophene rings is 1. The van der Waals surface area contributed by atoms with Crippen LogP contribution in [-0.4, -0.2) is 24.9 Å². The molecule has 41 heavy (non-hydrogen) atoms. The average Bonchev–Trinajstić information content (AvgIpc) is 3.37. The Morgan fingerprint density at radius 1 is 0.878 bits per heavy atom. The van der Waals surface area contributed by atoms with Gasteiger partial charge in [-0.05, 0) is 66.0 Å². The number of ether oxygens (including phenoxy) is 1. The Morgan fingerprint density at radius 2 is 1.46 bits per heavy atom. The van der Waals surface area contributed by atoms with E-state index in [1.807, 2.05) is 24.3 Å². The van der Waals surface area contributed by atoms with Gasteiger partial charge in [-0.15, -0.1) is 11.3 Å². The molecule has 0 saturated carbocycles. The number of nitro groups is 1. The van der Waals surface area contributed by atoms with Crippen LogP contribution in [0.2, 0.25) is 5.04 Å². The van der Waals surface area contributed by atoms with E-state index in [1.54, 1.807) is 44.2 Å². The van der Waals surface area contributed by atoms with E-state index in [0.29, 0.717) is 6.61 Å². The molecule has 0 spiro atoms. The first kappa shape index (κ1) is 30.2. The second kappa shape index (κ2) is 12.0. The number of nitrogens with zero attached hydrogens (tertiary/aromatic N) is 1. The van der Waals surface area contributed by atoms with Gasteiger partial charge in [-0.25, -0.2) is 4.79 Å². The van der Waals surface area contributed by atoms with Crippen LogP contribution in [0.5, 0.6) is 0 Å². The normalized spacial score (nSPS) is 12.1. The van der Waals surface area contributed by atoms with Crippen molar-refractivity contribution in [1.29, 1.82) is 0 Å². The van der Waals surface area contributed by atoms with Crippen molar-refractivity contribution in [3.05, 3.63) is 106 Å². The number of rotatable bonds is 8. The summed E-state index contributed by atoms with van der Waals surface area (Å²) in [6.07, 6.45) is -0.747. The van der Waals surface area contributed by atoms with E-state index in [-0.39, 0.29) is 16.4 Å². The molecule has 0 aliphatic heterocycles. The molecule has 0 aliphatic carbocycles. The molecule has 4 rings (SSSR count). The van der Waals surface area contributed by atoms with Crippen molar-refractivity contribution in [2.75, 3.05) is 5.32 Å². The molecular formula is C32H36N2O5SSi. The molecule has 0 fully saturated rings. The molecule has 9 heteroatoms. The van der Waals surface area contributed by atoms with Crippen molar-refractivity contribution < 1.29 is 18.9 Å². The zero-order valence-corrected chi connectivity index (χ0v) is 26.1. The lowest BCUT2D eigenvalue weighted by Crippen LogP contribution is -2.66. The van der Waals surface area contributed by atoms with Crippen LogP contribution in [-0.2, 0) is 15.8 Å². The molecule has 4 aromatic rings. The molecule has 0 unspecified atom stereocenters. The smallest absolute Gasteiger partial charge is 0.412 e. The lowest BCUT2D eigenvalue weighted by Gasteiger charge is -2.43. The molecule has 3 aromatic carbocycles. The minimum Gasteiger partial charge on any atom is -0.444 e. The number of nitro benzene ring substituents is 1. The fraction of sp³-hybridized carbons (Fsp3) is 0.281. The van der Waals surface area contributed by atoms with Gasteiger partial charge in [0.2, 0.25) is 0 Å². The Hall–Kier alpha value is -3.79. The third kappa shape index (κ3) is 6.93. The lowest BCUT2D eigenvalue weighted by molar-refractivity contribution is -0.383. The van der Waals surface area contributed by atoms with Crippen molar-refractivity contribution in [3.8, 4) is 10.4 Å². The first-order valence-corrected chi connectivity index (χ1v) is 16.2. The molecule has 1 heterocycles. The number of benzene rings is 3. The van der Waals surface area contributed by atoms with Gasteiger partial charge in [0, 0.05) is 15.8 Å². The van der Waals surface area contributed by atoms with Gasteiger partial charge in [0.15, 0.2) is 0 Å². The molecule has 1 aromatic heterocycles. The van der Waals surface area contributed by atoms with Crippen LogP contribution in [0.4, 0.5) is 16.2 Å². The predicted octanol–water partition coefficient (Wildman–Crippen LogP) is 7.75. The zero-order chi connectivity index (χ0) is 29.8.